The van der Waals surface area contributed by atoms with Crippen LogP contribution in [0.5, 0.6) is 0 Å². The van der Waals surface area contributed by atoms with Gasteiger partial charge in [-0.05, 0) is 31.0 Å². The number of ether oxygens (including phenoxy) is 1. The van der Waals surface area contributed by atoms with Crippen LogP contribution in [-0.2, 0) is 9.53 Å². The third kappa shape index (κ3) is 3.84. The van der Waals surface area contributed by atoms with Gasteiger partial charge in [-0.2, -0.15) is 0 Å². The zero-order valence-corrected chi connectivity index (χ0v) is 10.6. The lowest BCUT2D eigenvalue weighted by Crippen LogP contribution is -2.28. The predicted octanol–water partition coefficient (Wildman–Crippen LogP) is 1.61. The van der Waals surface area contributed by atoms with E-state index in [9.17, 15) is 4.79 Å². The van der Waals surface area contributed by atoms with E-state index >= 15 is 0 Å². The molecule has 0 saturated carbocycles. The largest absolute Gasteiger partial charge is 0.380 e. The molecule has 0 aliphatic carbocycles. The first-order valence-corrected chi connectivity index (χ1v) is 5.67. The highest BCUT2D eigenvalue weighted by Gasteiger charge is 2.12. The Labute approximate surface area is 102 Å². The zero-order valence-electron chi connectivity index (χ0n) is 10.6. The maximum atomic E-state index is 11.8. The number of carbonyl (C=O) groups excluding carboxylic acids is 1. The summed E-state index contributed by atoms with van der Waals surface area (Å²) in [6, 6.07) is 5.84. The molecule has 0 heterocycles. The van der Waals surface area contributed by atoms with E-state index in [4.69, 9.17) is 10.5 Å². The molecule has 0 bridgehead atoms. The molecule has 0 aliphatic heterocycles. The molecule has 94 valence electrons. The molecule has 0 radical (unpaired) electrons. The maximum Gasteiger partial charge on any atom is 0.227 e. The van der Waals surface area contributed by atoms with E-state index in [1.54, 1.807) is 7.11 Å². The molecule has 1 unspecified atom stereocenters. The topological polar surface area (TPSA) is 64.3 Å². The minimum absolute atomic E-state index is 0.0731. The number of methoxy groups -OCH3 is 1. The van der Waals surface area contributed by atoms with Crippen LogP contribution >= 0.6 is 0 Å². The Bertz CT molecular complexity index is 387. The number of benzene rings is 1. The van der Waals surface area contributed by atoms with Crippen molar-refractivity contribution in [3.8, 4) is 0 Å². The standard InChI is InChI=1S/C13H20N2O2/c1-9-5-4-6-12(10(9)2)15-13(16)7-11(8-14)17-3/h4-6,11H,7-8,14H2,1-3H3,(H,15,16). The van der Waals surface area contributed by atoms with Gasteiger partial charge in [0.05, 0.1) is 12.5 Å². The Kier molecular flexibility index (Phi) is 5.12. The van der Waals surface area contributed by atoms with Gasteiger partial charge >= 0.3 is 0 Å². The van der Waals surface area contributed by atoms with E-state index in [-0.39, 0.29) is 18.4 Å². The molecule has 17 heavy (non-hydrogen) atoms. The fourth-order valence-corrected chi connectivity index (χ4v) is 1.56. The average Bonchev–Trinajstić information content (AvgIpc) is 2.32. The molecule has 1 aromatic carbocycles. The second kappa shape index (κ2) is 6.37. The van der Waals surface area contributed by atoms with Crippen molar-refractivity contribution in [2.24, 2.45) is 5.73 Å². The lowest BCUT2D eigenvalue weighted by atomic mass is 10.1. The quantitative estimate of drug-likeness (QED) is 0.816. The normalized spacial score (nSPS) is 12.2. The third-order valence-electron chi connectivity index (χ3n) is 2.89. The van der Waals surface area contributed by atoms with Crippen LogP contribution in [0.1, 0.15) is 17.5 Å². The van der Waals surface area contributed by atoms with Crippen LogP contribution in [0.15, 0.2) is 18.2 Å². The Morgan fingerprint density at radius 1 is 1.47 bits per heavy atom. The Morgan fingerprint density at radius 3 is 2.76 bits per heavy atom. The van der Waals surface area contributed by atoms with Gasteiger partial charge in [-0.15, -0.1) is 0 Å². The van der Waals surface area contributed by atoms with Crippen LogP contribution in [0.3, 0.4) is 0 Å². The Morgan fingerprint density at radius 2 is 2.18 bits per heavy atom. The minimum Gasteiger partial charge on any atom is -0.380 e. The molecule has 1 aromatic rings. The van der Waals surface area contributed by atoms with E-state index in [0.29, 0.717) is 6.54 Å². The molecular weight excluding hydrogens is 216 g/mol. The summed E-state index contributed by atoms with van der Waals surface area (Å²) in [7, 11) is 1.56. The van der Waals surface area contributed by atoms with E-state index < -0.39 is 0 Å². The summed E-state index contributed by atoms with van der Waals surface area (Å²) >= 11 is 0. The summed E-state index contributed by atoms with van der Waals surface area (Å²) in [6.07, 6.45) is 0.0560. The van der Waals surface area contributed by atoms with Gasteiger partial charge in [0.1, 0.15) is 0 Å². The van der Waals surface area contributed by atoms with Crippen LogP contribution in [0, 0.1) is 13.8 Å². The molecule has 4 nitrogen and oxygen atoms in total. The van der Waals surface area contributed by atoms with Gasteiger partial charge in [0.15, 0.2) is 0 Å². The van der Waals surface area contributed by atoms with Crippen LogP contribution < -0.4 is 11.1 Å². The monoisotopic (exact) mass is 236 g/mol. The smallest absolute Gasteiger partial charge is 0.227 e. The van der Waals surface area contributed by atoms with E-state index in [1.807, 2.05) is 32.0 Å². The lowest BCUT2D eigenvalue weighted by molar-refractivity contribution is -0.118. The van der Waals surface area contributed by atoms with Crippen molar-refractivity contribution in [1.29, 1.82) is 0 Å². The fraction of sp³-hybridized carbons (Fsp3) is 0.462. The van der Waals surface area contributed by atoms with Crippen molar-refractivity contribution in [2.45, 2.75) is 26.4 Å². The number of nitrogens with one attached hydrogen (secondary N) is 1. The summed E-state index contributed by atoms with van der Waals surface area (Å²) in [5, 5.41) is 2.88. The summed E-state index contributed by atoms with van der Waals surface area (Å²) in [6.45, 7) is 4.35. The highest BCUT2D eigenvalue weighted by atomic mass is 16.5. The van der Waals surface area contributed by atoms with E-state index in [2.05, 4.69) is 5.32 Å². The van der Waals surface area contributed by atoms with Crippen LogP contribution in [0.4, 0.5) is 5.69 Å². The Hall–Kier alpha value is -1.39. The van der Waals surface area contributed by atoms with Gasteiger partial charge in [0, 0.05) is 19.3 Å². The molecule has 0 spiro atoms. The minimum atomic E-state index is -0.222. The molecule has 0 aromatic heterocycles. The number of aryl methyl sites for hydroxylation is 1. The van der Waals surface area contributed by atoms with Crippen molar-refractivity contribution in [2.75, 3.05) is 19.0 Å². The lowest BCUT2D eigenvalue weighted by Gasteiger charge is -2.14. The second-order valence-electron chi connectivity index (χ2n) is 4.09. The van der Waals surface area contributed by atoms with Crippen molar-refractivity contribution >= 4 is 11.6 Å². The molecule has 0 saturated heterocycles. The SMILES string of the molecule is COC(CN)CC(=O)Nc1cccc(C)c1C. The third-order valence-corrected chi connectivity index (χ3v) is 2.89. The van der Waals surface area contributed by atoms with Gasteiger partial charge in [0.2, 0.25) is 5.91 Å². The second-order valence-corrected chi connectivity index (χ2v) is 4.09. The molecule has 0 fully saturated rings. The van der Waals surface area contributed by atoms with Crippen molar-refractivity contribution in [3.05, 3.63) is 29.3 Å². The van der Waals surface area contributed by atoms with Gasteiger partial charge in [-0.25, -0.2) is 0 Å². The van der Waals surface area contributed by atoms with E-state index in [1.165, 1.54) is 0 Å². The van der Waals surface area contributed by atoms with Crippen LogP contribution in [0.2, 0.25) is 0 Å². The highest BCUT2D eigenvalue weighted by molar-refractivity contribution is 5.91. The zero-order chi connectivity index (χ0) is 12.8. The molecule has 4 heteroatoms. The van der Waals surface area contributed by atoms with Crippen molar-refractivity contribution in [1.82, 2.24) is 0 Å². The molecular formula is C13H20N2O2. The van der Waals surface area contributed by atoms with Gasteiger partial charge in [0.25, 0.3) is 0 Å². The molecule has 1 rings (SSSR count). The first-order chi connectivity index (χ1) is 8.08. The average molecular weight is 236 g/mol. The van der Waals surface area contributed by atoms with Crippen LogP contribution in [-0.4, -0.2) is 25.7 Å². The number of anilines is 1. The fourth-order valence-electron chi connectivity index (χ4n) is 1.56. The van der Waals surface area contributed by atoms with Gasteiger partial charge < -0.3 is 15.8 Å². The first-order valence-electron chi connectivity index (χ1n) is 5.67. The van der Waals surface area contributed by atoms with Crippen molar-refractivity contribution < 1.29 is 9.53 Å². The number of nitrogens with two attached hydrogens (primary N) is 1. The van der Waals surface area contributed by atoms with Gasteiger partial charge in [-0.1, -0.05) is 12.1 Å². The van der Waals surface area contributed by atoms with E-state index in [0.717, 1.165) is 16.8 Å². The predicted molar refractivity (Wildman–Crippen MR) is 69.0 cm³/mol. The number of hydrogen-bond donors (Lipinski definition) is 2. The number of hydrogen-bond acceptors (Lipinski definition) is 3. The van der Waals surface area contributed by atoms with Gasteiger partial charge in [-0.3, -0.25) is 4.79 Å². The maximum absolute atomic E-state index is 11.8. The molecule has 1 amide bonds. The Balaban J connectivity index is 2.65. The van der Waals surface area contributed by atoms with Crippen LogP contribution in [0.25, 0.3) is 0 Å². The molecule has 3 N–H and O–H groups in total. The summed E-state index contributed by atoms with van der Waals surface area (Å²) < 4.78 is 5.08. The summed E-state index contributed by atoms with van der Waals surface area (Å²) in [4.78, 5) is 11.8. The highest BCUT2D eigenvalue weighted by Crippen LogP contribution is 2.18. The molecule has 0 aliphatic rings. The summed E-state index contributed by atoms with van der Waals surface area (Å²) in [5.74, 6) is -0.0731. The number of carbonyl (C=O) groups is 1. The summed E-state index contributed by atoms with van der Waals surface area (Å²) in [5.41, 5.74) is 8.57. The number of rotatable bonds is 5. The molecule has 1 atom stereocenters. The first kappa shape index (κ1) is 13.7. The van der Waals surface area contributed by atoms with Crippen molar-refractivity contribution in [3.63, 3.8) is 0 Å². The number of amides is 1.